The predicted octanol–water partition coefficient (Wildman–Crippen LogP) is 4.16. The van der Waals surface area contributed by atoms with E-state index in [2.05, 4.69) is 15.7 Å². The molecule has 6 heteroatoms. The number of carbonyl (C=O) groups excluding carboxylic acids is 2. The average molecular weight is 376 g/mol. The van der Waals surface area contributed by atoms with Gasteiger partial charge < -0.3 is 10.6 Å². The number of nitrogens with zero attached hydrogens (tertiary/aromatic N) is 2. The molecule has 0 fully saturated rings. The summed E-state index contributed by atoms with van der Waals surface area (Å²) in [4.78, 5) is 25.1. The first-order chi connectivity index (χ1) is 13.2. The van der Waals surface area contributed by atoms with Crippen molar-refractivity contribution in [1.82, 2.24) is 9.78 Å². The molecule has 0 atom stereocenters. The molecule has 0 radical (unpaired) electrons. The molecule has 0 bridgehead atoms. The van der Waals surface area contributed by atoms with Gasteiger partial charge in [0, 0.05) is 24.5 Å². The van der Waals surface area contributed by atoms with Crippen molar-refractivity contribution in [3.63, 3.8) is 0 Å². The second-order valence-electron chi connectivity index (χ2n) is 7.04. The van der Waals surface area contributed by atoms with E-state index in [0.29, 0.717) is 17.1 Å². The summed E-state index contributed by atoms with van der Waals surface area (Å²) in [5.74, 6) is -0.674. The molecule has 0 spiro atoms. The van der Waals surface area contributed by atoms with Gasteiger partial charge in [-0.1, -0.05) is 12.1 Å². The zero-order valence-electron chi connectivity index (χ0n) is 16.8. The van der Waals surface area contributed by atoms with Gasteiger partial charge in [0.25, 0.3) is 11.8 Å². The Hall–Kier alpha value is -3.41. The molecule has 0 aliphatic heterocycles. The highest BCUT2D eigenvalue weighted by atomic mass is 16.2. The molecule has 0 aliphatic carbocycles. The van der Waals surface area contributed by atoms with Crippen LogP contribution in [0.4, 0.5) is 11.4 Å². The molecule has 3 aromatic rings. The minimum atomic E-state index is -0.357. The predicted molar refractivity (Wildman–Crippen MR) is 111 cm³/mol. The first kappa shape index (κ1) is 19.4. The van der Waals surface area contributed by atoms with Crippen LogP contribution in [0.2, 0.25) is 0 Å². The number of carbonyl (C=O) groups is 2. The van der Waals surface area contributed by atoms with Gasteiger partial charge in [-0.3, -0.25) is 14.3 Å². The molecule has 1 aromatic heterocycles. The van der Waals surface area contributed by atoms with Crippen molar-refractivity contribution in [1.29, 1.82) is 0 Å². The number of anilines is 2. The van der Waals surface area contributed by atoms with Crippen molar-refractivity contribution in [3.05, 3.63) is 76.1 Å². The molecule has 1 heterocycles. The van der Waals surface area contributed by atoms with Crippen LogP contribution < -0.4 is 10.6 Å². The third-order valence-corrected chi connectivity index (χ3v) is 4.87. The second kappa shape index (κ2) is 7.68. The Bertz CT molecular complexity index is 1070. The van der Waals surface area contributed by atoms with Gasteiger partial charge >= 0.3 is 0 Å². The summed E-state index contributed by atoms with van der Waals surface area (Å²) in [6.07, 6.45) is 0. The van der Waals surface area contributed by atoms with E-state index >= 15 is 0 Å². The highest BCUT2D eigenvalue weighted by molar-refractivity contribution is 6.07. The first-order valence-corrected chi connectivity index (χ1v) is 9.06. The van der Waals surface area contributed by atoms with E-state index in [-0.39, 0.29) is 17.5 Å². The highest BCUT2D eigenvalue weighted by Crippen LogP contribution is 2.17. The molecule has 2 aromatic carbocycles. The average Bonchev–Trinajstić information content (AvgIpc) is 3.03. The Morgan fingerprint density at radius 2 is 1.25 bits per heavy atom. The van der Waals surface area contributed by atoms with E-state index in [4.69, 9.17) is 0 Å². The third kappa shape index (κ3) is 4.11. The summed E-state index contributed by atoms with van der Waals surface area (Å²) in [5, 5.41) is 9.86. The van der Waals surface area contributed by atoms with Crippen LogP contribution in [0.5, 0.6) is 0 Å². The maximum absolute atomic E-state index is 12.6. The van der Waals surface area contributed by atoms with Crippen LogP contribution in [0.25, 0.3) is 0 Å². The molecule has 0 saturated heterocycles. The molecule has 3 rings (SSSR count). The molecule has 0 aliphatic rings. The van der Waals surface area contributed by atoms with E-state index < -0.39 is 0 Å². The minimum Gasteiger partial charge on any atom is -0.321 e. The van der Waals surface area contributed by atoms with E-state index in [1.54, 1.807) is 7.05 Å². The fourth-order valence-electron chi connectivity index (χ4n) is 2.82. The lowest BCUT2D eigenvalue weighted by Gasteiger charge is -2.07. The number of rotatable bonds is 4. The maximum Gasteiger partial charge on any atom is 0.276 e. The molecular formula is C22H24N4O2. The lowest BCUT2D eigenvalue weighted by molar-refractivity contribution is 0.101. The Kier molecular flexibility index (Phi) is 5.31. The standard InChI is InChI=1S/C22H24N4O2/c1-13-6-8-17(10-15(13)3)23-21(27)19-12-20(26(5)25-19)22(28)24-18-9-7-14(2)16(4)11-18/h6-12H,1-5H3,(H,23,27)(H,24,28). The highest BCUT2D eigenvalue weighted by Gasteiger charge is 2.18. The van der Waals surface area contributed by atoms with Gasteiger partial charge in [0.1, 0.15) is 5.69 Å². The van der Waals surface area contributed by atoms with Gasteiger partial charge in [-0.25, -0.2) is 0 Å². The quantitative estimate of drug-likeness (QED) is 0.718. The monoisotopic (exact) mass is 376 g/mol. The largest absolute Gasteiger partial charge is 0.321 e. The van der Waals surface area contributed by atoms with Crippen LogP contribution in [0, 0.1) is 27.7 Å². The zero-order valence-corrected chi connectivity index (χ0v) is 16.8. The maximum atomic E-state index is 12.6. The first-order valence-electron chi connectivity index (χ1n) is 9.06. The van der Waals surface area contributed by atoms with Crippen molar-refractivity contribution in [2.24, 2.45) is 7.05 Å². The van der Waals surface area contributed by atoms with Gasteiger partial charge in [0.15, 0.2) is 5.69 Å². The van der Waals surface area contributed by atoms with Crippen molar-refractivity contribution >= 4 is 23.2 Å². The SMILES string of the molecule is Cc1ccc(NC(=O)c2cc(C(=O)Nc3ccc(C)c(C)c3)n(C)n2)cc1C. The molecule has 0 unspecified atom stereocenters. The lowest BCUT2D eigenvalue weighted by atomic mass is 10.1. The summed E-state index contributed by atoms with van der Waals surface area (Å²) in [6.45, 7) is 8.01. The number of nitrogens with one attached hydrogen (secondary N) is 2. The molecule has 2 amide bonds. The van der Waals surface area contributed by atoms with E-state index in [1.165, 1.54) is 10.7 Å². The van der Waals surface area contributed by atoms with Crippen molar-refractivity contribution in [3.8, 4) is 0 Å². The van der Waals surface area contributed by atoms with Crippen LogP contribution in [0.3, 0.4) is 0 Å². The number of hydrogen-bond donors (Lipinski definition) is 2. The van der Waals surface area contributed by atoms with Gasteiger partial charge in [-0.15, -0.1) is 0 Å². The third-order valence-electron chi connectivity index (χ3n) is 4.87. The van der Waals surface area contributed by atoms with Gasteiger partial charge in [0.2, 0.25) is 0 Å². The van der Waals surface area contributed by atoms with E-state index in [0.717, 1.165) is 22.3 Å². The van der Waals surface area contributed by atoms with Crippen LogP contribution in [-0.4, -0.2) is 21.6 Å². The molecule has 0 saturated carbocycles. The minimum absolute atomic E-state index is 0.186. The topological polar surface area (TPSA) is 76.0 Å². The fraction of sp³-hybridized carbons (Fsp3) is 0.227. The van der Waals surface area contributed by atoms with Crippen LogP contribution in [0.1, 0.15) is 43.2 Å². The Morgan fingerprint density at radius 3 is 1.75 bits per heavy atom. The van der Waals surface area contributed by atoms with Crippen LogP contribution >= 0.6 is 0 Å². The smallest absolute Gasteiger partial charge is 0.276 e. The molecular weight excluding hydrogens is 352 g/mol. The summed E-state index contributed by atoms with van der Waals surface area (Å²) in [6, 6.07) is 12.9. The Balaban J connectivity index is 1.75. The summed E-state index contributed by atoms with van der Waals surface area (Å²) in [5.41, 5.74) is 6.39. The van der Waals surface area contributed by atoms with Crippen LogP contribution in [0.15, 0.2) is 42.5 Å². The van der Waals surface area contributed by atoms with Gasteiger partial charge in [-0.05, 0) is 74.2 Å². The number of hydrogen-bond acceptors (Lipinski definition) is 3. The van der Waals surface area contributed by atoms with Gasteiger partial charge in [-0.2, -0.15) is 5.10 Å². The lowest BCUT2D eigenvalue weighted by Crippen LogP contribution is -2.16. The zero-order chi connectivity index (χ0) is 20.4. The summed E-state index contributed by atoms with van der Waals surface area (Å²) >= 11 is 0. The number of aryl methyl sites for hydroxylation is 5. The Morgan fingerprint density at radius 1 is 0.750 bits per heavy atom. The molecule has 6 nitrogen and oxygen atoms in total. The number of benzene rings is 2. The molecule has 28 heavy (non-hydrogen) atoms. The Labute approximate surface area is 164 Å². The number of amides is 2. The van der Waals surface area contributed by atoms with Gasteiger partial charge in [0.05, 0.1) is 0 Å². The molecule has 2 N–H and O–H groups in total. The fourth-order valence-corrected chi connectivity index (χ4v) is 2.82. The second-order valence-corrected chi connectivity index (χ2v) is 7.04. The van der Waals surface area contributed by atoms with E-state index in [1.807, 2.05) is 64.1 Å². The normalized spacial score (nSPS) is 10.6. The van der Waals surface area contributed by atoms with E-state index in [9.17, 15) is 9.59 Å². The summed E-state index contributed by atoms with van der Waals surface area (Å²) < 4.78 is 1.41. The van der Waals surface area contributed by atoms with Crippen LogP contribution in [-0.2, 0) is 7.05 Å². The number of aromatic nitrogens is 2. The van der Waals surface area contributed by atoms with Crippen molar-refractivity contribution in [2.45, 2.75) is 27.7 Å². The molecule has 144 valence electrons. The van der Waals surface area contributed by atoms with Crippen molar-refractivity contribution in [2.75, 3.05) is 10.6 Å². The van der Waals surface area contributed by atoms with Crippen molar-refractivity contribution < 1.29 is 9.59 Å². The summed E-state index contributed by atoms with van der Waals surface area (Å²) in [7, 11) is 1.64.